The highest BCUT2D eigenvalue weighted by molar-refractivity contribution is 5.94. The molecular weight excluding hydrogens is 368 g/mol. The Bertz CT molecular complexity index is 863. The first kappa shape index (κ1) is 19.6. The normalized spacial score (nSPS) is 19.6. The summed E-state index contributed by atoms with van der Waals surface area (Å²) in [7, 11) is 5.45. The average Bonchev–Trinajstić information content (AvgIpc) is 2.78. The van der Waals surface area contributed by atoms with Crippen LogP contribution in [0.2, 0.25) is 0 Å². The van der Waals surface area contributed by atoms with Crippen molar-refractivity contribution in [2.24, 2.45) is 5.92 Å². The van der Waals surface area contributed by atoms with E-state index >= 15 is 0 Å². The highest BCUT2D eigenvalue weighted by Crippen LogP contribution is 2.34. The number of aromatic nitrogens is 2. The molecule has 1 amide bonds. The van der Waals surface area contributed by atoms with Gasteiger partial charge >= 0.3 is 0 Å². The van der Waals surface area contributed by atoms with Gasteiger partial charge in [-0.2, -0.15) is 0 Å². The largest absolute Gasteiger partial charge is 0.497 e. The summed E-state index contributed by atoms with van der Waals surface area (Å²) in [6.07, 6.45) is 6.05. The molecule has 2 aliphatic rings. The number of nitrogens with zero attached hydrogens (tertiary/aromatic N) is 4. The quantitative estimate of drug-likeness (QED) is 0.791. The smallest absolute Gasteiger partial charge is 0.257 e. The van der Waals surface area contributed by atoms with E-state index in [1.165, 1.54) is 11.1 Å². The van der Waals surface area contributed by atoms with Crippen molar-refractivity contribution < 1.29 is 14.3 Å². The summed E-state index contributed by atoms with van der Waals surface area (Å²) in [6.45, 7) is 2.11. The van der Waals surface area contributed by atoms with E-state index in [0.29, 0.717) is 24.0 Å². The van der Waals surface area contributed by atoms with Crippen LogP contribution < -0.4 is 9.64 Å². The van der Waals surface area contributed by atoms with Gasteiger partial charge in [0, 0.05) is 52.3 Å². The second-order valence-corrected chi connectivity index (χ2v) is 7.96. The fourth-order valence-electron chi connectivity index (χ4n) is 4.28. The average molecular weight is 396 g/mol. The third kappa shape index (κ3) is 4.05. The maximum atomic E-state index is 13.4. The standard InChI is InChI=1S/C22H28N4O3/c1-25(2)22-23-12-18(13-24-22)21(27)26-14-16-4-5-19(28-3)10-17(16)11-20(26)15-6-8-29-9-7-15/h4-5,10,12-13,15,20H,6-9,11,14H2,1-3H3. The summed E-state index contributed by atoms with van der Waals surface area (Å²) in [6, 6.07) is 6.28. The molecule has 3 heterocycles. The summed E-state index contributed by atoms with van der Waals surface area (Å²) in [5.41, 5.74) is 2.97. The highest BCUT2D eigenvalue weighted by atomic mass is 16.5. The van der Waals surface area contributed by atoms with Gasteiger partial charge in [-0.3, -0.25) is 4.79 Å². The number of anilines is 1. The lowest BCUT2D eigenvalue weighted by Crippen LogP contribution is -2.49. The monoisotopic (exact) mass is 396 g/mol. The molecule has 0 spiro atoms. The molecular formula is C22H28N4O3. The molecule has 1 atom stereocenters. The Hall–Kier alpha value is -2.67. The molecule has 4 rings (SSSR count). The van der Waals surface area contributed by atoms with Gasteiger partial charge in [0.05, 0.1) is 12.7 Å². The fraction of sp³-hybridized carbons (Fsp3) is 0.500. The van der Waals surface area contributed by atoms with E-state index in [9.17, 15) is 4.79 Å². The molecule has 0 bridgehead atoms. The van der Waals surface area contributed by atoms with Crippen LogP contribution in [-0.2, 0) is 17.7 Å². The van der Waals surface area contributed by atoms with Gasteiger partial charge in [0.25, 0.3) is 5.91 Å². The molecule has 1 fully saturated rings. The van der Waals surface area contributed by atoms with Crippen LogP contribution in [0.25, 0.3) is 0 Å². The first-order valence-electron chi connectivity index (χ1n) is 10.1. The molecule has 7 nitrogen and oxygen atoms in total. The van der Waals surface area contributed by atoms with E-state index < -0.39 is 0 Å². The minimum Gasteiger partial charge on any atom is -0.497 e. The molecule has 1 aromatic carbocycles. The lowest BCUT2D eigenvalue weighted by Gasteiger charge is -2.42. The maximum absolute atomic E-state index is 13.4. The van der Waals surface area contributed by atoms with Crippen LogP contribution in [0.1, 0.15) is 34.3 Å². The van der Waals surface area contributed by atoms with E-state index in [0.717, 1.165) is 38.2 Å². The minimum absolute atomic E-state index is 0.00624. The topological polar surface area (TPSA) is 67.8 Å². The fourth-order valence-corrected chi connectivity index (χ4v) is 4.28. The summed E-state index contributed by atoms with van der Waals surface area (Å²) >= 11 is 0. The van der Waals surface area contributed by atoms with Gasteiger partial charge in [0.15, 0.2) is 0 Å². The number of benzene rings is 1. The second-order valence-electron chi connectivity index (χ2n) is 7.96. The lowest BCUT2D eigenvalue weighted by molar-refractivity contribution is 0.0179. The zero-order valence-electron chi connectivity index (χ0n) is 17.3. The first-order valence-corrected chi connectivity index (χ1v) is 10.1. The van der Waals surface area contributed by atoms with E-state index in [-0.39, 0.29) is 11.9 Å². The zero-order chi connectivity index (χ0) is 20.4. The van der Waals surface area contributed by atoms with E-state index in [2.05, 4.69) is 22.1 Å². The van der Waals surface area contributed by atoms with E-state index in [1.807, 2.05) is 30.0 Å². The number of rotatable bonds is 4. The van der Waals surface area contributed by atoms with Gasteiger partial charge in [0.1, 0.15) is 5.75 Å². The van der Waals surface area contributed by atoms with E-state index in [4.69, 9.17) is 9.47 Å². The maximum Gasteiger partial charge on any atom is 0.257 e. The molecule has 2 aromatic rings. The van der Waals surface area contributed by atoms with Crippen LogP contribution >= 0.6 is 0 Å². The Morgan fingerprint density at radius 1 is 1.17 bits per heavy atom. The van der Waals surface area contributed by atoms with Crippen LogP contribution in [0.5, 0.6) is 5.75 Å². The predicted octanol–water partition coefficient (Wildman–Crippen LogP) is 2.54. The van der Waals surface area contributed by atoms with Crippen molar-refractivity contribution in [1.29, 1.82) is 0 Å². The molecule has 1 aromatic heterocycles. The molecule has 1 unspecified atom stereocenters. The SMILES string of the molecule is COc1ccc2c(c1)CC(C1CCOCC1)N(C(=O)c1cnc(N(C)C)nc1)C2. The molecule has 154 valence electrons. The van der Waals surface area contributed by atoms with Gasteiger partial charge in [-0.25, -0.2) is 9.97 Å². The molecule has 0 saturated carbocycles. The third-order valence-corrected chi connectivity index (χ3v) is 5.94. The Morgan fingerprint density at radius 3 is 2.55 bits per heavy atom. The van der Waals surface area contributed by atoms with E-state index in [1.54, 1.807) is 19.5 Å². The van der Waals surface area contributed by atoms with Gasteiger partial charge in [0.2, 0.25) is 5.95 Å². The Kier molecular flexibility index (Phi) is 5.67. The number of carbonyl (C=O) groups excluding carboxylic acids is 1. The Labute approximate surface area is 171 Å². The molecule has 2 aliphatic heterocycles. The van der Waals surface area contributed by atoms with Crippen molar-refractivity contribution in [1.82, 2.24) is 14.9 Å². The van der Waals surface area contributed by atoms with Gasteiger partial charge in [-0.15, -0.1) is 0 Å². The number of hydrogen-bond donors (Lipinski definition) is 0. The summed E-state index contributed by atoms with van der Waals surface area (Å²) < 4.78 is 11.0. The molecule has 0 N–H and O–H groups in total. The third-order valence-electron chi connectivity index (χ3n) is 5.94. The number of amides is 1. The number of carbonyl (C=O) groups is 1. The number of methoxy groups -OCH3 is 1. The highest BCUT2D eigenvalue weighted by Gasteiger charge is 2.36. The summed E-state index contributed by atoms with van der Waals surface area (Å²) in [4.78, 5) is 25.9. The minimum atomic E-state index is -0.00624. The summed E-state index contributed by atoms with van der Waals surface area (Å²) in [5.74, 6) is 1.88. The first-order chi connectivity index (χ1) is 14.1. The molecule has 0 aliphatic carbocycles. The predicted molar refractivity (Wildman–Crippen MR) is 110 cm³/mol. The summed E-state index contributed by atoms with van der Waals surface area (Å²) in [5, 5.41) is 0. The van der Waals surface area contributed by atoms with Gasteiger partial charge in [-0.05, 0) is 48.4 Å². The van der Waals surface area contributed by atoms with Crippen LogP contribution in [0.3, 0.4) is 0 Å². The van der Waals surface area contributed by atoms with Gasteiger partial charge in [-0.1, -0.05) is 6.07 Å². The molecule has 1 saturated heterocycles. The molecule has 29 heavy (non-hydrogen) atoms. The van der Waals surface area contributed by atoms with Crippen LogP contribution in [0, 0.1) is 5.92 Å². The van der Waals surface area contributed by atoms with Crippen molar-refractivity contribution >= 4 is 11.9 Å². The van der Waals surface area contributed by atoms with Crippen LogP contribution in [0.15, 0.2) is 30.6 Å². The number of ether oxygens (including phenoxy) is 2. The second kappa shape index (κ2) is 8.37. The van der Waals surface area contributed by atoms with Crippen LogP contribution in [0.4, 0.5) is 5.95 Å². The molecule has 0 radical (unpaired) electrons. The van der Waals surface area contributed by atoms with Crippen molar-refractivity contribution in [2.45, 2.75) is 31.8 Å². The number of fused-ring (bicyclic) bond motifs is 1. The van der Waals surface area contributed by atoms with Crippen molar-refractivity contribution in [3.8, 4) is 5.75 Å². The Morgan fingerprint density at radius 2 is 1.90 bits per heavy atom. The Balaban J connectivity index is 1.64. The molecule has 7 heteroatoms. The van der Waals surface area contributed by atoms with Crippen LogP contribution in [-0.4, -0.2) is 61.2 Å². The van der Waals surface area contributed by atoms with Crippen molar-refractivity contribution in [3.63, 3.8) is 0 Å². The zero-order valence-corrected chi connectivity index (χ0v) is 17.3. The van der Waals surface area contributed by atoms with Crippen molar-refractivity contribution in [3.05, 3.63) is 47.3 Å². The lowest BCUT2D eigenvalue weighted by atomic mass is 9.82. The van der Waals surface area contributed by atoms with Gasteiger partial charge < -0.3 is 19.3 Å². The van der Waals surface area contributed by atoms with Crippen molar-refractivity contribution in [2.75, 3.05) is 39.3 Å². The number of hydrogen-bond acceptors (Lipinski definition) is 6.